The minimum Gasteiger partial charge on any atom is -0.371 e. The van der Waals surface area contributed by atoms with Crippen molar-refractivity contribution >= 4 is 39.1 Å². The number of nitrogens with zero attached hydrogens (tertiary/aromatic N) is 3. The second kappa shape index (κ2) is 10.4. The summed E-state index contributed by atoms with van der Waals surface area (Å²) in [6, 6.07) is 6.80. The third-order valence-corrected chi connectivity index (χ3v) is 7.39. The summed E-state index contributed by atoms with van der Waals surface area (Å²) in [6.45, 7) is 5.78. The number of nitrogens with one attached hydrogen (secondary N) is 3. The normalized spacial score (nSPS) is 20.0. The third-order valence-electron chi connectivity index (χ3n) is 6.08. The Morgan fingerprint density at radius 3 is 2.88 bits per heavy atom. The van der Waals surface area contributed by atoms with Crippen molar-refractivity contribution in [3.8, 4) is 0 Å². The minimum atomic E-state index is -3.43. The van der Waals surface area contributed by atoms with Crippen molar-refractivity contribution in [3.63, 3.8) is 0 Å². The summed E-state index contributed by atoms with van der Waals surface area (Å²) in [5.41, 5.74) is 2.40. The quantitative estimate of drug-likeness (QED) is 0.568. The molecular formula is C24H32N6O3S. The van der Waals surface area contributed by atoms with Crippen molar-refractivity contribution in [1.29, 1.82) is 0 Å². The lowest BCUT2D eigenvalue weighted by atomic mass is 9.93. The van der Waals surface area contributed by atoms with E-state index in [1.807, 2.05) is 6.92 Å². The number of benzene rings is 1. The van der Waals surface area contributed by atoms with E-state index in [2.05, 4.69) is 42.4 Å². The van der Waals surface area contributed by atoms with Crippen molar-refractivity contribution in [2.75, 3.05) is 45.6 Å². The van der Waals surface area contributed by atoms with Gasteiger partial charge in [-0.05, 0) is 63.6 Å². The van der Waals surface area contributed by atoms with Gasteiger partial charge in [0, 0.05) is 31.4 Å². The summed E-state index contributed by atoms with van der Waals surface area (Å²) in [5.74, 6) is 1.04. The molecule has 1 aromatic carbocycles. The Hall–Kier alpha value is -3.14. The highest BCUT2D eigenvalue weighted by Gasteiger charge is 2.24. The van der Waals surface area contributed by atoms with Crippen LogP contribution in [0.15, 0.2) is 36.4 Å². The van der Waals surface area contributed by atoms with Crippen LogP contribution in [0.25, 0.3) is 0 Å². The molecule has 1 fully saturated rings. The molecule has 4 bridgehead atoms. The lowest BCUT2D eigenvalue weighted by Crippen LogP contribution is -2.36. The van der Waals surface area contributed by atoms with E-state index in [1.165, 1.54) is 0 Å². The van der Waals surface area contributed by atoms with Crippen LogP contribution in [0.4, 0.5) is 23.1 Å². The van der Waals surface area contributed by atoms with Crippen molar-refractivity contribution in [3.05, 3.63) is 47.7 Å². The smallest absolute Gasteiger partial charge is 0.258 e. The van der Waals surface area contributed by atoms with Gasteiger partial charge in [0.05, 0.1) is 22.7 Å². The maximum absolute atomic E-state index is 13.4. The molecule has 1 amide bonds. The second-order valence-corrected chi connectivity index (χ2v) is 10.8. The van der Waals surface area contributed by atoms with Crippen molar-refractivity contribution in [2.24, 2.45) is 5.92 Å². The number of fused-ring (bicyclic) bond motifs is 6. The topological polar surface area (TPSA) is 116 Å². The standard InChI is InChI=1S/C24H32N6O3S/c1-3-34(32,33)29-19-10-11-20-21(15-19)30-13-7-9-18(16-30)8-5-4-6-12-25-24-26-17(2)14-22(28-24)27-23(20)31/h4-5,10-11,14-15,18,29H,3,6-9,12-13,16H2,1-2H3,(H2,25,26,27,28,31)/b5-4-/t18-/m0/s1. The fraction of sp³-hybridized carbons (Fsp3) is 0.458. The molecule has 10 heteroatoms. The Morgan fingerprint density at radius 1 is 1.21 bits per heavy atom. The number of amides is 1. The molecule has 0 radical (unpaired) electrons. The Morgan fingerprint density at radius 2 is 2.06 bits per heavy atom. The molecule has 2 aliphatic heterocycles. The first-order chi connectivity index (χ1) is 16.3. The lowest BCUT2D eigenvalue weighted by molar-refractivity contribution is 0.102. The molecule has 2 aliphatic rings. The van der Waals surface area contributed by atoms with Crippen molar-refractivity contribution < 1.29 is 13.2 Å². The lowest BCUT2D eigenvalue weighted by Gasteiger charge is -2.35. The SMILES string of the molecule is CCS(=O)(=O)Nc1ccc2c(c1)N1CCC[C@H](C/C=C\CCNc3nc(C)cc(n3)NC2=O)C1. The highest BCUT2D eigenvalue weighted by Crippen LogP contribution is 2.31. The molecule has 9 nitrogen and oxygen atoms in total. The number of carbonyl (C=O) groups excluding carboxylic acids is 1. The summed E-state index contributed by atoms with van der Waals surface area (Å²) in [5, 5.41) is 6.13. The molecule has 3 heterocycles. The van der Waals surface area contributed by atoms with E-state index in [1.54, 1.807) is 31.2 Å². The first-order valence-electron chi connectivity index (χ1n) is 11.8. The monoisotopic (exact) mass is 484 g/mol. The maximum Gasteiger partial charge on any atom is 0.258 e. The fourth-order valence-electron chi connectivity index (χ4n) is 4.35. The van der Waals surface area contributed by atoms with Crippen LogP contribution in [0.1, 0.15) is 48.7 Å². The molecule has 1 atom stereocenters. The predicted octanol–water partition coefficient (Wildman–Crippen LogP) is 3.78. The zero-order chi connectivity index (χ0) is 24.1. The van der Waals surface area contributed by atoms with Crippen molar-refractivity contribution in [1.82, 2.24) is 9.97 Å². The molecule has 182 valence electrons. The first-order valence-corrected chi connectivity index (χ1v) is 13.4. The number of anilines is 4. The van der Waals surface area contributed by atoms with E-state index in [9.17, 15) is 13.2 Å². The fourth-order valence-corrected chi connectivity index (χ4v) is 4.98. The van der Waals surface area contributed by atoms with Gasteiger partial charge < -0.3 is 15.5 Å². The highest BCUT2D eigenvalue weighted by molar-refractivity contribution is 7.92. The van der Waals surface area contributed by atoms with E-state index in [-0.39, 0.29) is 11.7 Å². The van der Waals surface area contributed by atoms with Gasteiger partial charge in [-0.2, -0.15) is 4.98 Å². The molecule has 0 unspecified atom stereocenters. The van der Waals surface area contributed by atoms with Crippen LogP contribution in [-0.2, 0) is 10.0 Å². The summed E-state index contributed by atoms with van der Waals surface area (Å²) < 4.78 is 26.9. The van der Waals surface area contributed by atoms with Crippen LogP contribution >= 0.6 is 0 Å². The van der Waals surface area contributed by atoms with Crippen LogP contribution in [0, 0.1) is 12.8 Å². The number of allylic oxidation sites excluding steroid dienone is 1. The van der Waals surface area contributed by atoms with Gasteiger partial charge in [-0.1, -0.05) is 12.2 Å². The van der Waals surface area contributed by atoms with E-state index in [4.69, 9.17) is 0 Å². The number of hydrogen-bond donors (Lipinski definition) is 3. The molecule has 2 aromatic rings. The highest BCUT2D eigenvalue weighted by atomic mass is 32.2. The number of sulfonamides is 1. The van der Waals surface area contributed by atoms with Gasteiger partial charge in [-0.15, -0.1) is 0 Å². The van der Waals surface area contributed by atoms with Gasteiger partial charge in [0.25, 0.3) is 5.91 Å². The number of rotatable bonds is 3. The van der Waals surface area contributed by atoms with Gasteiger partial charge in [0.15, 0.2) is 0 Å². The number of aryl methyl sites for hydroxylation is 1. The Bertz CT molecular complexity index is 1180. The Labute approximate surface area is 201 Å². The summed E-state index contributed by atoms with van der Waals surface area (Å²) >= 11 is 0. The largest absolute Gasteiger partial charge is 0.371 e. The number of aromatic nitrogens is 2. The average Bonchev–Trinajstić information content (AvgIpc) is 2.80. The zero-order valence-electron chi connectivity index (χ0n) is 19.7. The van der Waals surface area contributed by atoms with Crippen LogP contribution in [0.5, 0.6) is 0 Å². The van der Waals surface area contributed by atoms with Crippen molar-refractivity contribution in [2.45, 2.75) is 39.5 Å². The molecular weight excluding hydrogens is 452 g/mol. The number of carbonyl (C=O) groups is 1. The molecule has 0 aliphatic carbocycles. The van der Waals surface area contributed by atoms with E-state index >= 15 is 0 Å². The summed E-state index contributed by atoms with van der Waals surface area (Å²) in [7, 11) is -3.43. The zero-order valence-corrected chi connectivity index (χ0v) is 20.5. The molecule has 1 saturated heterocycles. The third kappa shape index (κ3) is 6.05. The van der Waals surface area contributed by atoms with E-state index < -0.39 is 10.0 Å². The molecule has 0 spiro atoms. The Kier molecular flexibility index (Phi) is 7.35. The van der Waals surface area contributed by atoms with Crippen LogP contribution in [0.2, 0.25) is 0 Å². The molecule has 0 saturated carbocycles. The molecule has 3 N–H and O–H groups in total. The first kappa shape index (κ1) is 24.0. The molecule has 34 heavy (non-hydrogen) atoms. The van der Waals surface area contributed by atoms with Gasteiger partial charge in [-0.3, -0.25) is 9.52 Å². The second-order valence-electron chi connectivity index (χ2n) is 8.79. The summed E-state index contributed by atoms with van der Waals surface area (Å²) in [6.07, 6.45) is 8.37. The molecule has 1 aromatic heterocycles. The Balaban J connectivity index is 1.74. The van der Waals surface area contributed by atoms with Gasteiger partial charge >= 0.3 is 0 Å². The van der Waals surface area contributed by atoms with E-state index in [0.29, 0.717) is 35.5 Å². The summed E-state index contributed by atoms with van der Waals surface area (Å²) in [4.78, 5) is 24.4. The number of hydrogen-bond acceptors (Lipinski definition) is 7. The van der Waals surface area contributed by atoms with Crippen LogP contribution in [-0.4, -0.2) is 49.7 Å². The molecule has 4 rings (SSSR count). The number of piperidine rings is 1. The van der Waals surface area contributed by atoms with Gasteiger partial charge in [0.1, 0.15) is 5.82 Å². The van der Waals surface area contributed by atoms with Gasteiger partial charge in [0.2, 0.25) is 16.0 Å². The maximum atomic E-state index is 13.4. The van der Waals surface area contributed by atoms with Crippen LogP contribution in [0.3, 0.4) is 0 Å². The van der Waals surface area contributed by atoms with Gasteiger partial charge in [-0.25, -0.2) is 13.4 Å². The van der Waals surface area contributed by atoms with E-state index in [0.717, 1.165) is 50.2 Å². The van der Waals surface area contributed by atoms with Crippen LogP contribution < -0.4 is 20.3 Å². The average molecular weight is 485 g/mol. The predicted molar refractivity (Wildman–Crippen MR) is 136 cm³/mol. The minimum absolute atomic E-state index is 0.0217.